The molecule has 0 spiro atoms. The first-order valence-electron chi connectivity index (χ1n) is 6.97. The third-order valence-electron chi connectivity index (χ3n) is 4.18. The summed E-state index contributed by atoms with van der Waals surface area (Å²) in [5.74, 6) is 0.914. The van der Waals surface area contributed by atoms with Crippen molar-refractivity contribution in [1.29, 1.82) is 0 Å². The van der Waals surface area contributed by atoms with Gasteiger partial charge in [0.25, 0.3) is 0 Å². The van der Waals surface area contributed by atoms with Crippen LogP contribution in [-0.4, -0.2) is 13.1 Å². The quantitative estimate of drug-likeness (QED) is 0.608. The van der Waals surface area contributed by atoms with E-state index in [-0.39, 0.29) is 0 Å². The van der Waals surface area contributed by atoms with Gasteiger partial charge in [0.1, 0.15) is 0 Å². The predicted molar refractivity (Wildman–Crippen MR) is 68.1 cm³/mol. The van der Waals surface area contributed by atoms with Gasteiger partial charge in [-0.05, 0) is 43.6 Å². The Morgan fingerprint density at radius 3 is 2.40 bits per heavy atom. The Morgan fingerprint density at radius 2 is 1.93 bits per heavy atom. The zero-order chi connectivity index (χ0) is 11.1. The molecule has 1 rings (SSSR count). The highest BCUT2D eigenvalue weighted by Crippen LogP contribution is 2.47. The molecule has 1 N–H and O–H groups in total. The third-order valence-corrected chi connectivity index (χ3v) is 4.18. The number of hydrogen-bond acceptors (Lipinski definition) is 1. The maximum Gasteiger partial charge on any atom is 0.000783 e. The summed E-state index contributed by atoms with van der Waals surface area (Å²) < 4.78 is 0. The maximum atomic E-state index is 3.70. The predicted octanol–water partition coefficient (Wildman–Crippen LogP) is 3.98. The molecule has 0 aliphatic heterocycles. The number of rotatable bonds is 9. The van der Waals surface area contributed by atoms with E-state index in [9.17, 15) is 0 Å². The van der Waals surface area contributed by atoms with Crippen molar-refractivity contribution in [1.82, 2.24) is 5.32 Å². The van der Waals surface area contributed by atoms with Crippen molar-refractivity contribution in [2.75, 3.05) is 13.1 Å². The number of nitrogens with one attached hydrogen (secondary N) is 1. The molecule has 0 heterocycles. The van der Waals surface area contributed by atoms with Crippen LogP contribution in [0.1, 0.15) is 65.7 Å². The van der Waals surface area contributed by atoms with Crippen molar-refractivity contribution in [2.24, 2.45) is 11.3 Å². The molecule has 1 nitrogen and oxygen atoms in total. The Bertz CT molecular complexity index is 161. The second kappa shape index (κ2) is 6.52. The summed E-state index contributed by atoms with van der Waals surface area (Å²) in [6, 6.07) is 0. The van der Waals surface area contributed by atoms with Crippen LogP contribution in [0, 0.1) is 11.3 Å². The van der Waals surface area contributed by atoms with Crippen molar-refractivity contribution in [3.63, 3.8) is 0 Å². The molecule has 90 valence electrons. The molecule has 1 atom stereocenters. The van der Waals surface area contributed by atoms with E-state index in [1.54, 1.807) is 0 Å². The van der Waals surface area contributed by atoms with E-state index in [1.807, 2.05) is 0 Å². The molecule has 15 heavy (non-hydrogen) atoms. The zero-order valence-electron chi connectivity index (χ0n) is 10.9. The average Bonchev–Trinajstić information content (AvgIpc) is 3.04. The molecule has 0 radical (unpaired) electrons. The van der Waals surface area contributed by atoms with Crippen LogP contribution >= 0.6 is 0 Å². The Morgan fingerprint density at radius 1 is 1.20 bits per heavy atom. The lowest BCUT2D eigenvalue weighted by Crippen LogP contribution is -2.28. The van der Waals surface area contributed by atoms with Crippen LogP contribution in [0.2, 0.25) is 0 Å². The number of unbranched alkanes of at least 4 members (excludes halogenated alkanes) is 1. The summed E-state index contributed by atoms with van der Waals surface area (Å²) >= 11 is 0. The molecular formula is C14H29N. The molecule has 0 saturated heterocycles. The third kappa shape index (κ3) is 4.55. The van der Waals surface area contributed by atoms with Crippen LogP contribution in [0.25, 0.3) is 0 Å². The van der Waals surface area contributed by atoms with Crippen LogP contribution in [0.5, 0.6) is 0 Å². The molecule has 0 bridgehead atoms. The molecule has 0 amide bonds. The highest BCUT2D eigenvalue weighted by molar-refractivity contribution is 4.93. The van der Waals surface area contributed by atoms with E-state index < -0.39 is 0 Å². The molecular weight excluding hydrogens is 182 g/mol. The lowest BCUT2D eigenvalue weighted by Gasteiger charge is -2.18. The first-order valence-corrected chi connectivity index (χ1v) is 6.97. The molecule has 0 aromatic rings. The summed E-state index contributed by atoms with van der Waals surface area (Å²) in [6.07, 6.45) is 9.79. The Kier molecular flexibility index (Phi) is 5.66. The maximum absolute atomic E-state index is 3.70. The summed E-state index contributed by atoms with van der Waals surface area (Å²) in [5, 5.41) is 3.70. The monoisotopic (exact) mass is 211 g/mol. The molecule has 0 aromatic heterocycles. The van der Waals surface area contributed by atoms with Crippen LogP contribution < -0.4 is 5.32 Å². The average molecular weight is 211 g/mol. The van der Waals surface area contributed by atoms with Crippen molar-refractivity contribution in [3.05, 3.63) is 0 Å². The van der Waals surface area contributed by atoms with E-state index in [1.165, 1.54) is 58.0 Å². The van der Waals surface area contributed by atoms with Gasteiger partial charge in [-0.2, -0.15) is 0 Å². The highest BCUT2D eigenvalue weighted by Gasteiger charge is 2.39. The Hall–Kier alpha value is -0.0400. The van der Waals surface area contributed by atoms with Crippen LogP contribution in [0.4, 0.5) is 0 Å². The molecule has 1 aliphatic rings. The van der Waals surface area contributed by atoms with Crippen LogP contribution in [-0.2, 0) is 0 Å². The molecule has 1 heteroatoms. The second-order valence-electron chi connectivity index (χ2n) is 5.40. The van der Waals surface area contributed by atoms with Gasteiger partial charge in [-0.15, -0.1) is 0 Å². The summed E-state index contributed by atoms with van der Waals surface area (Å²) in [5.41, 5.74) is 0.711. The summed E-state index contributed by atoms with van der Waals surface area (Å²) in [4.78, 5) is 0. The van der Waals surface area contributed by atoms with Gasteiger partial charge in [0.05, 0.1) is 0 Å². The van der Waals surface area contributed by atoms with E-state index in [0.29, 0.717) is 5.41 Å². The fourth-order valence-corrected chi connectivity index (χ4v) is 2.32. The molecule has 1 fully saturated rings. The minimum Gasteiger partial charge on any atom is -0.316 e. The van der Waals surface area contributed by atoms with Gasteiger partial charge in [-0.25, -0.2) is 0 Å². The van der Waals surface area contributed by atoms with Gasteiger partial charge in [0, 0.05) is 6.54 Å². The van der Waals surface area contributed by atoms with Gasteiger partial charge in [-0.1, -0.05) is 40.0 Å². The van der Waals surface area contributed by atoms with Crippen molar-refractivity contribution in [3.8, 4) is 0 Å². The molecule has 1 aliphatic carbocycles. The van der Waals surface area contributed by atoms with Gasteiger partial charge in [0.2, 0.25) is 0 Å². The lowest BCUT2D eigenvalue weighted by atomic mass is 9.98. The van der Waals surface area contributed by atoms with Crippen molar-refractivity contribution < 1.29 is 0 Å². The minimum atomic E-state index is 0.711. The van der Waals surface area contributed by atoms with Gasteiger partial charge in [0.15, 0.2) is 0 Å². The van der Waals surface area contributed by atoms with E-state index in [4.69, 9.17) is 0 Å². The first kappa shape index (κ1) is 13.0. The van der Waals surface area contributed by atoms with Crippen LogP contribution in [0.3, 0.4) is 0 Å². The second-order valence-corrected chi connectivity index (χ2v) is 5.40. The van der Waals surface area contributed by atoms with E-state index >= 15 is 0 Å². The van der Waals surface area contributed by atoms with Crippen LogP contribution in [0.15, 0.2) is 0 Å². The van der Waals surface area contributed by atoms with E-state index in [0.717, 1.165) is 5.92 Å². The topological polar surface area (TPSA) is 12.0 Å². The van der Waals surface area contributed by atoms with Gasteiger partial charge in [-0.3, -0.25) is 0 Å². The normalized spacial score (nSPS) is 20.2. The molecule has 1 unspecified atom stereocenters. The minimum absolute atomic E-state index is 0.711. The number of hydrogen-bond donors (Lipinski definition) is 1. The fraction of sp³-hybridized carbons (Fsp3) is 1.00. The summed E-state index contributed by atoms with van der Waals surface area (Å²) in [7, 11) is 0. The lowest BCUT2D eigenvalue weighted by molar-refractivity contribution is 0.378. The molecule has 0 aromatic carbocycles. The first-order chi connectivity index (χ1) is 7.26. The Balaban J connectivity index is 2.06. The molecule has 1 saturated carbocycles. The fourth-order valence-electron chi connectivity index (χ4n) is 2.32. The van der Waals surface area contributed by atoms with Crippen molar-refractivity contribution >= 4 is 0 Å². The SMILES string of the molecule is CCCCC(CC)CNCC1(CC)CC1. The largest absolute Gasteiger partial charge is 0.316 e. The van der Waals surface area contributed by atoms with Crippen molar-refractivity contribution in [2.45, 2.75) is 65.7 Å². The van der Waals surface area contributed by atoms with Gasteiger partial charge < -0.3 is 5.32 Å². The van der Waals surface area contributed by atoms with E-state index in [2.05, 4.69) is 26.1 Å². The highest BCUT2D eigenvalue weighted by atomic mass is 14.9. The standard InChI is InChI=1S/C14H29N/c1-4-7-8-13(5-2)11-15-12-14(6-3)9-10-14/h13,15H,4-12H2,1-3H3. The van der Waals surface area contributed by atoms with Gasteiger partial charge >= 0.3 is 0 Å². The zero-order valence-corrected chi connectivity index (χ0v) is 10.9. The Labute approximate surface area is 96.0 Å². The smallest absolute Gasteiger partial charge is 0.000783 e. The summed E-state index contributed by atoms with van der Waals surface area (Å²) in [6.45, 7) is 9.47.